The summed E-state index contributed by atoms with van der Waals surface area (Å²) in [5.74, 6) is -1.90. The van der Waals surface area contributed by atoms with Gasteiger partial charge in [-0.3, -0.25) is 0 Å². The number of aliphatic hydroxyl groups excluding tert-OH is 2. The zero-order valence-electron chi connectivity index (χ0n) is 16.4. The van der Waals surface area contributed by atoms with Crippen LogP contribution in [0.15, 0.2) is 60.7 Å². The molecule has 0 bridgehead atoms. The number of aliphatic hydroxyl groups is 2. The molecular weight excluding hydrogens is 388 g/mol. The highest BCUT2D eigenvalue weighted by molar-refractivity contribution is 5.95. The van der Waals surface area contributed by atoms with Crippen LogP contribution in [0.25, 0.3) is 0 Å². The maximum Gasteiger partial charge on any atom is 0.329 e. The Balaban J connectivity index is 1.78. The first-order valence-electron chi connectivity index (χ1n) is 9.62. The van der Waals surface area contributed by atoms with Crippen molar-refractivity contribution in [3.8, 4) is 0 Å². The summed E-state index contributed by atoms with van der Waals surface area (Å²) in [4.78, 5) is 25.8. The fourth-order valence-corrected chi connectivity index (χ4v) is 3.53. The van der Waals surface area contributed by atoms with Gasteiger partial charge in [-0.05, 0) is 11.1 Å². The zero-order chi connectivity index (χ0) is 21.8. The monoisotopic (exact) mass is 414 g/mol. The molecule has 4 atom stereocenters. The van der Waals surface area contributed by atoms with Gasteiger partial charge in [-0.1, -0.05) is 60.7 Å². The molecular formula is C22H26N2O6. The van der Waals surface area contributed by atoms with Crippen molar-refractivity contribution < 1.29 is 29.3 Å². The molecule has 0 spiro atoms. The van der Waals surface area contributed by atoms with Gasteiger partial charge in [0, 0.05) is 12.8 Å². The molecule has 0 heterocycles. The van der Waals surface area contributed by atoms with E-state index in [1.165, 1.54) is 0 Å². The van der Waals surface area contributed by atoms with Gasteiger partial charge in [-0.2, -0.15) is 0 Å². The topological polar surface area (TPSA) is 145 Å². The number of carbonyl (C=O) groups excluding carboxylic acids is 2. The standard InChI is InChI=1S/C22H26N2O6/c23-21(19(27)29-13-15-7-3-1-4-8-15)11-17(25)18(26)12-22(21,24)20(28)30-14-16-9-5-2-6-10-16/h1-10,17-18,25-26H,11-14,23-24H2. The van der Waals surface area contributed by atoms with Gasteiger partial charge in [0.2, 0.25) is 0 Å². The van der Waals surface area contributed by atoms with Gasteiger partial charge in [-0.15, -0.1) is 0 Å². The molecule has 1 saturated carbocycles. The van der Waals surface area contributed by atoms with E-state index in [1.54, 1.807) is 48.5 Å². The number of hydrogen-bond acceptors (Lipinski definition) is 8. The van der Waals surface area contributed by atoms with Crippen LogP contribution in [0.4, 0.5) is 0 Å². The van der Waals surface area contributed by atoms with Crippen molar-refractivity contribution in [3.05, 3.63) is 71.8 Å². The van der Waals surface area contributed by atoms with Crippen LogP contribution in [-0.2, 0) is 32.3 Å². The third-order valence-electron chi connectivity index (χ3n) is 5.46. The number of hydrogen-bond donors (Lipinski definition) is 4. The minimum Gasteiger partial charge on any atom is -0.459 e. The van der Waals surface area contributed by atoms with E-state index in [-0.39, 0.29) is 13.2 Å². The third kappa shape index (κ3) is 4.36. The molecule has 1 fully saturated rings. The summed E-state index contributed by atoms with van der Waals surface area (Å²) in [7, 11) is 0. The summed E-state index contributed by atoms with van der Waals surface area (Å²) < 4.78 is 10.6. The molecule has 2 aromatic carbocycles. The minimum absolute atomic E-state index is 0.0770. The summed E-state index contributed by atoms with van der Waals surface area (Å²) in [6.45, 7) is -0.154. The Morgan fingerprint density at radius 1 is 0.767 bits per heavy atom. The maximum atomic E-state index is 12.9. The van der Waals surface area contributed by atoms with Crippen LogP contribution in [0.2, 0.25) is 0 Å². The molecule has 6 N–H and O–H groups in total. The zero-order valence-corrected chi connectivity index (χ0v) is 16.4. The molecule has 3 rings (SSSR count). The lowest BCUT2D eigenvalue weighted by Gasteiger charge is -2.48. The average molecular weight is 414 g/mol. The molecule has 8 heteroatoms. The first-order valence-corrected chi connectivity index (χ1v) is 9.62. The molecule has 0 aromatic heterocycles. The number of ether oxygens (including phenoxy) is 2. The largest absolute Gasteiger partial charge is 0.459 e. The Kier molecular flexibility index (Phi) is 6.52. The predicted molar refractivity (Wildman–Crippen MR) is 108 cm³/mol. The smallest absolute Gasteiger partial charge is 0.329 e. The van der Waals surface area contributed by atoms with Crippen molar-refractivity contribution in [2.45, 2.75) is 49.3 Å². The summed E-state index contributed by atoms with van der Waals surface area (Å²) in [5.41, 5.74) is 9.89. The second-order valence-corrected chi connectivity index (χ2v) is 7.61. The molecule has 2 aromatic rings. The fourth-order valence-electron chi connectivity index (χ4n) is 3.53. The lowest BCUT2D eigenvalue weighted by atomic mass is 9.65. The van der Waals surface area contributed by atoms with Crippen LogP contribution in [0.1, 0.15) is 24.0 Å². The first-order chi connectivity index (χ1) is 14.3. The van der Waals surface area contributed by atoms with E-state index in [9.17, 15) is 19.8 Å². The van der Waals surface area contributed by atoms with Crippen molar-refractivity contribution in [2.75, 3.05) is 0 Å². The SMILES string of the molecule is NC1(C(=O)OCc2ccccc2)CC(O)C(O)CC1(N)C(=O)OCc1ccccc1. The Bertz CT molecular complexity index is 804. The van der Waals surface area contributed by atoms with Crippen LogP contribution >= 0.6 is 0 Å². The van der Waals surface area contributed by atoms with Crippen molar-refractivity contribution in [1.82, 2.24) is 0 Å². The number of nitrogens with two attached hydrogens (primary N) is 2. The summed E-state index contributed by atoms with van der Waals surface area (Å²) in [6, 6.07) is 17.8. The van der Waals surface area contributed by atoms with Gasteiger partial charge in [0.1, 0.15) is 24.3 Å². The van der Waals surface area contributed by atoms with Crippen LogP contribution in [0.3, 0.4) is 0 Å². The van der Waals surface area contributed by atoms with Crippen LogP contribution in [0, 0.1) is 0 Å². The van der Waals surface area contributed by atoms with Gasteiger partial charge < -0.3 is 31.2 Å². The van der Waals surface area contributed by atoms with Crippen LogP contribution in [0.5, 0.6) is 0 Å². The van der Waals surface area contributed by atoms with Crippen molar-refractivity contribution in [3.63, 3.8) is 0 Å². The summed E-state index contributed by atoms with van der Waals surface area (Å²) in [6.07, 6.45) is -3.56. The molecule has 0 amide bonds. The van der Waals surface area contributed by atoms with Crippen molar-refractivity contribution in [1.29, 1.82) is 0 Å². The first kappa shape index (κ1) is 21.9. The molecule has 4 unspecified atom stereocenters. The van der Waals surface area contributed by atoms with Gasteiger partial charge in [0.25, 0.3) is 0 Å². The van der Waals surface area contributed by atoms with Gasteiger partial charge in [0.05, 0.1) is 12.2 Å². The normalized spacial score (nSPS) is 28.5. The van der Waals surface area contributed by atoms with Crippen LogP contribution < -0.4 is 11.5 Å². The fraction of sp³-hybridized carbons (Fsp3) is 0.364. The van der Waals surface area contributed by atoms with Crippen LogP contribution in [-0.4, -0.2) is 45.4 Å². The minimum atomic E-state index is -2.08. The molecule has 0 radical (unpaired) electrons. The van der Waals surface area contributed by atoms with E-state index < -0.39 is 48.1 Å². The Morgan fingerprint density at radius 3 is 1.43 bits per heavy atom. The lowest BCUT2D eigenvalue weighted by Crippen LogP contribution is -2.78. The van der Waals surface area contributed by atoms with Crippen molar-refractivity contribution >= 4 is 11.9 Å². The highest BCUT2D eigenvalue weighted by Crippen LogP contribution is 2.37. The highest BCUT2D eigenvalue weighted by atomic mass is 16.5. The Labute approximate surface area is 174 Å². The second kappa shape index (κ2) is 8.93. The van der Waals surface area contributed by atoms with E-state index in [4.69, 9.17) is 20.9 Å². The van der Waals surface area contributed by atoms with Gasteiger partial charge in [0.15, 0.2) is 0 Å². The van der Waals surface area contributed by atoms with E-state index in [0.29, 0.717) is 0 Å². The summed E-state index contributed by atoms with van der Waals surface area (Å²) in [5, 5.41) is 20.2. The summed E-state index contributed by atoms with van der Waals surface area (Å²) >= 11 is 0. The third-order valence-corrected chi connectivity index (χ3v) is 5.46. The predicted octanol–water partition coefficient (Wildman–Crippen LogP) is 0.384. The number of esters is 2. The molecule has 1 aliphatic rings. The van der Waals surface area contributed by atoms with Gasteiger partial charge >= 0.3 is 11.9 Å². The number of benzene rings is 2. The van der Waals surface area contributed by atoms with Crippen molar-refractivity contribution in [2.24, 2.45) is 11.5 Å². The second-order valence-electron chi connectivity index (χ2n) is 7.61. The highest BCUT2D eigenvalue weighted by Gasteiger charge is 2.63. The molecule has 0 aliphatic heterocycles. The van der Waals surface area contributed by atoms with E-state index in [2.05, 4.69) is 0 Å². The molecule has 1 aliphatic carbocycles. The molecule has 160 valence electrons. The van der Waals surface area contributed by atoms with E-state index in [1.807, 2.05) is 12.1 Å². The number of rotatable bonds is 6. The van der Waals surface area contributed by atoms with E-state index in [0.717, 1.165) is 11.1 Å². The molecule has 30 heavy (non-hydrogen) atoms. The number of carbonyl (C=O) groups is 2. The Morgan fingerprint density at radius 2 is 1.10 bits per heavy atom. The maximum absolute atomic E-state index is 12.9. The average Bonchev–Trinajstić information content (AvgIpc) is 2.75. The quantitative estimate of drug-likeness (QED) is 0.497. The van der Waals surface area contributed by atoms with E-state index >= 15 is 0 Å². The molecule has 0 saturated heterocycles. The Hall–Kier alpha value is -2.78. The lowest BCUT2D eigenvalue weighted by molar-refractivity contribution is -0.177. The molecule has 8 nitrogen and oxygen atoms in total. The van der Waals surface area contributed by atoms with Gasteiger partial charge in [-0.25, -0.2) is 9.59 Å².